The summed E-state index contributed by atoms with van der Waals surface area (Å²) in [6, 6.07) is 8.63. The fourth-order valence-electron chi connectivity index (χ4n) is 2.29. The van der Waals surface area contributed by atoms with Crippen LogP contribution in [0.3, 0.4) is 0 Å². The Bertz CT molecular complexity index is 881. The third-order valence-corrected chi connectivity index (χ3v) is 3.48. The van der Waals surface area contributed by atoms with E-state index in [4.69, 9.17) is 9.15 Å². The summed E-state index contributed by atoms with van der Waals surface area (Å²) in [6.07, 6.45) is 3.93. The maximum absolute atomic E-state index is 12.0. The lowest BCUT2D eigenvalue weighted by Gasteiger charge is -2.07. The van der Waals surface area contributed by atoms with Gasteiger partial charge < -0.3 is 9.15 Å². The summed E-state index contributed by atoms with van der Waals surface area (Å²) < 4.78 is 11.8. The van der Waals surface area contributed by atoms with E-state index in [-0.39, 0.29) is 24.6 Å². The molecule has 0 aliphatic carbocycles. The monoisotopic (exact) mass is 312 g/mol. The van der Waals surface area contributed by atoms with E-state index in [9.17, 15) is 9.59 Å². The summed E-state index contributed by atoms with van der Waals surface area (Å²) in [5.41, 5.74) is 1.70. The van der Waals surface area contributed by atoms with Crippen LogP contribution in [0.1, 0.15) is 23.4 Å². The molecule has 0 aliphatic heterocycles. The van der Waals surface area contributed by atoms with Gasteiger partial charge in [0.15, 0.2) is 0 Å². The largest absolute Gasteiger partial charge is 0.469 e. The Kier molecular flexibility index (Phi) is 4.23. The van der Waals surface area contributed by atoms with E-state index in [1.165, 1.54) is 10.5 Å². The van der Waals surface area contributed by atoms with E-state index >= 15 is 0 Å². The zero-order valence-corrected chi connectivity index (χ0v) is 12.7. The molecular weight excluding hydrogens is 296 g/mol. The van der Waals surface area contributed by atoms with Crippen molar-refractivity contribution in [3.63, 3.8) is 0 Å². The summed E-state index contributed by atoms with van der Waals surface area (Å²) in [4.78, 5) is 28.2. The molecule has 0 fully saturated rings. The molecule has 6 nitrogen and oxygen atoms in total. The van der Waals surface area contributed by atoms with Crippen molar-refractivity contribution in [3.8, 4) is 0 Å². The zero-order chi connectivity index (χ0) is 16.2. The first-order valence-corrected chi connectivity index (χ1v) is 7.29. The van der Waals surface area contributed by atoms with E-state index in [1.54, 1.807) is 24.6 Å². The van der Waals surface area contributed by atoms with Crippen molar-refractivity contribution in [2.24, 2.45) is 0 Å². The molecule has 23 heavy (non-hydrogen) atoms. The number of aryl methyl sites for hydroxylation is 2. The quantitative estimate of drug-likeness (QED) is 0.676. The minimum atomic E-state index is -0.354. The van der Waals surface area contributed by atoms with E-state index in [0.717, 1.165) is 11.3 Å². The van der Waals surface area contributed by atoms with Gasteiger partial charge in [0.1, 0.15) is 18.0 Å². The normalized spacial score (nSPS) is 10.8. The van der Waals surface area contributed by atoms with Gasteiger partial charge in [-0.3, -0.25) is 14.0 Å². The van der Waals surface area contributed by atoms with E-state index < -0.39 is 0 Å². The first-order valence-electron chi connectivity index (χ1n) is 7.29. The van der Waals surface area contributed by atoms with Crippen LogP contribution in [0.25, 0.3) is 5.65 Å². The van der Waals surface area contributed by atoms with Crippen LogP contribution >= 0.6 is 0 Å². The number of pyridine rings is 1. The molecule has 0 unspecified atom stereocenters. The molecule has 0 atom stereocenters. The first kappa shape index (κ1) is 15.0. The number of rotatable bonds is 5. The maximum Gasteiger partial charge on any atom is 0.306 e. The van der Waals surface area contributed by atoms with Crippen LogP contribution in [0.4, 0.5) is 0 Å². The summed E-state index contributed by atoms with van der Waals surface area (Å²) in [6.45, 7) is 1.86. The van der Waals surface area contributed by atoms with Crippen LogP contribution in [-0.4, -0.2) is 15.4 Å². The van der Waals surface area contributed by atoms with Gasteiger partial charge in [0, 0.05) is 18.7 Å². The smallest absolute Gasteiger partial charge is 0.306 e. The molecule has 3 heterocycles. The van der Waals surface area contributed by atoms with Gasteiger partial charge >= 0.3 is 5.97 Å². The van der Waals surface area contributed by atoms with Crippen molar-refractivity contribution in [1.82, 2.24) is 9.38 Å². The predicted octanol–water partition coefficient (Wildman–Crippen LogP) is 2.27. The molecule has 6 heteroatoms. The van der Waals surface area contributed by atoms with Gasteiger partial charge in [-0.1, -0.05) is 6.07 Å². The summed E-state index contributed by atoms with van der Waals surface area (Å²) >= 11 is 0. The van der Waals surface area contributed by atoms with E-state index in [1.807, 2.05) is 19.1 Å². The topological polar surface area (TPSA) is 73.8 Å². The van der Waals surface area contributed by atoms with Crippen LogP contribution in [0.5, 0.6) is 0 Å². The highest BCUT2D eigenvalue weighted by Crippen LogP contribution is 2.08. The second-order valence-corrected chi connectivity index (χ2v) is 5.21. The Labute approximate surface area is 132 Å². The van der Waals surface area contributed by atoms with E-state index in [2.05, 4.69) is 4.98 Å². The summed E-state index contributed by atoms with van der Waals surface area (Å²) in [5, 5.41) is 0. The van der Waals surface area contributed by atoms with Crippen molar-refractivity contribution < 1.29 is 13.9 Å². The fourth-order valence-corrected chi connectivity index (χ4v) is 2.29. The fraction of sp³-hybridized carbons (Fsp3) is 0.235. The summed E-state index contributed by atoms with van der Waals surface area (Å²) in [7, 11) is 0. The van der Waals surface area contributed by atoms with Gasteiger partial charge in [0.05, 0.1) is 18.4 Å². The Morgan fingerprint density at radius 3 is 3.00 bits per heavy atom. The number of ether oxygens (including phenoxy) is 1. The Morgan fingerprint density at radius 1 is 1.35 bits per heavy atom. The van der Waals surface area contributed by atoms with Crippen LogP contribution in [0.2, 0.25) is 0 Å². The molecule has 118 valence electrons. The molecule has 0 saturated carbocycles. The molecule has 0 N–H and O–H groups in total. The number of hydrogen-bond acceptors (Lipinski definition) is 5. The molecule has 0 radical (unpaired) electrons. The Morgan fingerprint density at radius 2 is 2.22 bits per heavy atom. The number of aromatic nitrogens is 2. The highest BCUT2D eigenvalue weighted by molar-refractivity contribution is 5.69. The lowest BCUT2D eigenvalue weighted by Crippen LogP contribution is -2.17. The van der Waals surface area contributed by atoms with Gasteiger partial charge in [-0.2, -0.15) is 0 Å². The van der Waals surface area contributed by atoms with Crippen molar-refractivity contribution in [2.45, 2.75) is 26.4 Å². The number of esters is 1. The molecule has 3 rings (SSSR count). The van der Waals surface area contributed by atoms with Gasteiger partial charge in [0.2, 0.25) is 0 Å². The zero-order valence-electron chi connectivity index (χ0n) is 12.7. The molecule has 0 aromatic carbocycles. The SMILES string of the molecule is Cc1cccn2c(=O)cc(COC(=O)CCc3ccco3)nc12. The van der Waals surface area contributed by atoms with Crippen molar-refractivity contribution >= 4 is 11.6 Å². The third-order valence-electron chi connectivity index (χ3n) is 3.48. The van der Waals surface area contributed by atoms with Gasteiger partial charge in [-0.05, 0) is 30.7 Å². The molecule has 3 aromatic heterocycles. The van der Waals surface area contributed by atoms with Crippen LogP contribution in [0, 0.1) is 6.92 Å². The lowest BCUT2D eigenvalue weighted by molar-refractivity contribution is -0.145. The standard InChI is InChI=1S/C17H16N2O4/c1-12-4-2-8-19-15(20)10-13(18-17(12)19)11-23-16(21)7-6-14-5-3-9-22-14/h2-5,8-10H,6-7,11H2,1H3. The van der Waals surface area contributed by atoms with Crippen LogP contribution < -0.4 is 5.56 Å². The Balaban J connectivity index is 1.66. The highest BCUT2D eigenvalue weighted by Gasteiger charge is 2.09. The number of carbonyl (C=O) groups excluding carboxylic acids is 1. The maximum atomic E-state index is 12.0. The van der Waals surface area contributed by atoms with Crippen LogP contribution in [-0.2, 0) is 22.6 Å². The van der Waals surface area contributed by atoms with Gasteiger partial charge in [-0.25, -0.2) is 4.98 Å². The average Bonchev–Trinajstić information content (AvgIpc) is 3.05. The second-order valence-electron chi connectivity index (χ2n) is 5.21. The van der Waals surface area contributed by atoms with Crippen molar-refractivity contribution in [2.75, 3.05) is 0 Å². The number of carbonyl (C=O) groups is 1. The van der Waals surface area contributed by atoms with Gasteiger partial charge in [-0.15, -0.1) is 0 Å². The molecule has 0 amide bonds. The van der Waals surface area contributed by atoms with E-state index in [0.29, 0.717) is 17.8 Å². The van der Waals surface area contributed by atoms with Crippen molar-refractivity contribution in [3.05, 3.63) is 70.2 Å². The Hall–Kier alpha value is -2.89. The molecule has 0 bridgehead atoms. The number of furan rings is 1. The van der Waals surface area contributed by atoms with Crippen LogP contribution in [0.15, 0.2) is 52.0 Å². The molecule has 0 spiro atoms. The first-order chi connectivity index (χ1) is 11.1. The lowest BCUT2D eigenvalue weighted by atomic mass is 10.2. The van der Waals surface area contributed by atoms with Gasteiger partial charge in [0.25, 0.3) is 5.56 Å². The molecule has 3 aromatic rings. The number of nitrogens with zero attached hydrogens (tertiary/aromatic N) is 2. The third kappa shape index (κ3) is 3.48. The molecule has 0 aliphatic rings. The minimum absolute atomic E-state index is 0.0168. The molecular formula is C17H16N2O4. The summed E-state index contributed by atoms with van der Waals surface area (Å²) in [5.74, 6) is 0.382. The number of fused-ring (bicyclic) bond motifs is 1. The second kappa shape index (κ2) is 6.48. The number of hydrogen-bond donors (Lipinski definition) is 0. The van der Waals surface area contributed by atoms with Crippen molar-refractivity contribution in [1.29, 1.82) is 0 Å². The minimum Gasteiger partial charge on any atom is -0.469 e. The highest BCUT2D eigenvalue weighted by atomic mass is 16.5. The molecule has 0 saturated heterocycles. The average molecular weight is 312 g/mol. The predicted molar refractivity (Wildman–Crippen MR) is 83.0 cm³/mol.